The highest BCUT2D eigenvalue weighted by Crippen LogP contribution is 2.36. The Morgan fingerprint density at radius 1 is 1.25 bits per heavy atom. The van der Waals surface area contributed by atoms with Crippen LogP contribution in [0.1, 0.15) is 12.5 Å². The van der Waals surface area contributed by atoms with E-state index in [1.165, 1.54) is 19.1 Å². The first-order chi connectivity index (χ1) is 9.23. The van der Waals surface area contributed by atoms with Crippen LogP contribution < -0.4 is 4.74 Å². The van der Waals surface area contributed by atoms with Crippen LogP contribution in [0.4, 0.5) is 13.2 Å². The predicted octanol–water partition coefficient (Wildman–Crippen LogP) is 2.77. The minimum atomic E-state index is -4.56. The molecule has 4 nitrogen and oxygen atoms in total. The van der Waals surface area contributed by atoms with Crippen LogP contribution in [0, 0.1) is 0 Å². The standard InChI is InChI=1S/C12H10F3NO3S/c1-8-16-6-9(20(8,17)18)7-19-11-5-3-2-4-10(11)12(13,14)15/h2-6H,7H2,1H3. The second-order valence-electron chi connectivity index (χ2n) is 4.03. The number of rotatable bonds is 3. The van der Waals surface area contributed by atoms with Crippen molar-refractivity contribution in [3.8, 4) is 5.75 Å². The molecule has 0 aliphatic carbocycles. The zero-order valence-corrected chi connectivity index (χ0v) is 11.1. The molecule has 0 amide bonds. The van der Waals surface area contributed by atoms with Crippen molar-refractivity contribution in [3.05, 3.63) is 40.9 Å². The van der Waals surface area contributed by atoms with Crippen molar-refractivity contribution >= 4 is 14.9 Å². The fraction of sp³-hybridized carbons (Fsp3) is 0.250. The first kappa shape index (κ1) is 14.6. The molecule has 1 aromatic rings. The first-order valence-electron chi connectivity index (χ1n) is 5.50. The second kappa shape index (κ2) is 4.93. The van der Waals surface area contributed by atoms with Crippen molar-refractivity contribution in [1.82, 2.24) is 0 Å². The number of halogens is 3. The summed E-state index contributed by atoms with van der Waals surface area (Å²) in [7, 11) is -3.68. The van der Waals surface area contributed by atoms with Crippen molar-refractivity contribution in [2.24, 2.45) is 4.99 Å². The molecule has 1 aliphatic rings. The lowest BCUT2D eigenvalue weighted by Crippen LogP contribution is -2.16. The molecule has 0 unspecified atom stereocenters. The molecule has 0 fully saturated rings. The summed E-state index contributed by atoms with van der Waals surface area (Å²) < 4.78 is 66.6. The van der Waals surface area contributed by atoms with Crippen molar-refractivity contribution in [3.63, 3.8) is 0 Å². The average Bonchev–Trinajstić information content (AvgIpc) is 2.61. The third-order valence-electron chi connectivity index (χ3n) is 2.69. The van der Waals surface area contributed by atoms with E-state index in [1.807, 2.05) is 0 Å². The Kier molecular flexibility index (Phi) is 3.59. The summed E-state index contributed by atoms with van der Waals surface area (Å²) in [6.45, 7) is 0.818. The highest BCUT2D eigenvalue weighted by Gasteiger charge is 2.34. The van der Waals surface area contributed by atoms with Gasteiger partial charge in [0.2, 0.25) is 9.84 Å². The Labute approximate surface area is 113 Å². The number of sulfone groups is 1. The molecule has 0 bridgehead atoms. The maximum absolute atomic E-state index is 12.7. The summed E-state index contributed by atoms with van der Waals surface area (Å²) in [6.07, 6.45) is -3.48. The fourth-order valence-corrected chi connectivity index (χ4v) is 2.56. The molecule has 8 heteroatoms. The molecule has 0 spiro atoms. The Morgan fingerprint density at radius 2 is 1.90 bits per heavy atom. The van der Waals surface area contributed by atoms with Gasteiger partial charge in [-0.1, -0.05) is 12.1 Å². The topological polar surface area (TPSA) is 55.7 Å². The summed E-state index contributed by atoms with van der Waals surface area (Å²) in [4.78, 5) is 3.46. The van der Waals surface area contributed by atoms with Gasteiger partial charge in [0, 0.05) is 6.20 Å². The van der Waals surface area contributed by atoms with Gasteiger partial charge in [0.15, 0.2) is 0 Å². The second-order valence-corrected chi connectivity index (χ2v) is 6.15. The van der Waals surface area contributed by atoms with Crippen LogP contribution in [0.15, 0.2) is 40.4 Å². The molecule has 0 saturated heterocycles. The molecule has 0 atom stereocenters. The summed E-state index contributed by atoms with van der Waals surface area (Å²) in [6, 6.07) is 4.62. The smallest absolute Gasteiger partial charge is 0.419 e. The Morgan fingerprint density at radius 3 is 2.45 bits per heavy atom. The van der Waals surface area contributed by atoms with E-state index in [9.17, 15) is 21.6 Å². The maximum atomic E-state index is 12.7. The van der Waals surface area contributed by atoms with Crippen molar-refractivity contribution in [2.75, 3.05) is 6.61 Å². The van der Waals surface area contributed by atoms with E-state index in [0.29, 0.717) is 0 Å². The molecular weight excluding hydrogens is 295 g/mol. The predicted molar refractivity (Wildman–Crippen MR) is 67.1 cm³/mol. The average molecular weight is 305 g/mol. The minimum absolute atomic E-state index is 0.0970. The lowest BCUT2D eigenvalue weighted by atomic mass is 10.2. The van der Waals surface area contributed by atoms with Gasteiger partial charge in [0.1, 0.15) is 22.3 Å². The fourth-order valence-electron chi connectivity index (χ4n) is 1.58. The van der Waals surface area contributed by atoms with E-state index >= 15 is 0 Å². The molecule has 0 N–H and O–H groups in total. The monoisotopic (exact) mass is 305 g/mol. The van der Waals surface area contributed by atoms with Crippen molar-refractivity contribution in [1.29, 1.82) is 0 Å². The number of ether oxygens (including phenoxy) is 1. The molecule has 1 heterocycles. The van der Waals surface area contributed by atoms with Crippen molar-refractivity contribution in [2.45, 2.75) is 13.1 Å². The summed E-state index contributed by atoms with van der Waals surface area (Å²) in [5.41, 5.74) is -0.950. The summed E-state index contributed by atoms with van der Waals surface area (Å²) >= 11 is 0. The molecule has 1 aliphatic heterocycles. The Hall–Kier alpha value is -1.83. The zero-order valence-electron chi connectivity index (χ0n) is 10.3. The van der Waals surface area contributed by atoms with Gasteiger partial charge in [-0.05, 0) is 19.1 Å². The molecule has 0 saturated carbocycles. The number of para-hydroxylation sites is 1. The van der Waals surface area contributed by atoms with Crippen LogP contribution in [-0.4, -0.2) is 20.1 Å². The molecule has 0 radical (unpaired) electrons. The lowest BCUT2D eigenvalue weighted by molar-refractivity contribution is -0.138. The van der Waals surface area contributed by atoms with Crippen LogP contribution in [0.3, 0.4) is 0 Å². The third-order valence-corrected chi connectivity index (χ3v) is 4.48. The van der Waals surface area contributed by atoms with Gasteiger partial charge in [0.25, 0.3) is 0 Å². The number of benzene rings is 1. The lowest BCUT2D eigenvalue weighted by Gasteiger charge is -2.13. The molecule has 20 heavy (non-hydrogen) atoms. The van der Waals surface area contributed by atoms with Gasteiger partial charge in [0.05, 0.1) is 5.56 Å². The molecule has 0 aromatic heterocycles. The van der Waals surface area contributed by atoms with E-state index in [2.05, 4.69) is 4.99 Å². The van der Waals surface area contributed by atoms with Gasteiger partial charge in [-0.3, -0.25) is 0 Å². The van der Waals surface area contributed by atoms with E-state index in [4.69, 9.17) is 4.74 Å². The number of hydrogen-bond acceptors (Lipinski definition) is 4. The SMILES string of the molecule is CC1=NC=C(COc2ccccc2C(F)(F)F)S1(=O)=O. The molecule has 1 aromatic carbocycles. The molecule has 2 rings (SSSR count). The number of aliphatic imine (C=N–C) groups is 1. The van der Waals surface area contributed by atoms with Crippen LogP contribution in [0.2, 0.25) is 0 Å². The number of alkyl halides is 3. The molecular formula is C12H10F3NO3S. The minimum Gasteiger partial charge on any atom is -0.487 e. The highest BCUT2D eigenvalue weighted by molar-refractivity contribution is 8.09. The van der Waals surface area contributed by atoms with E-state index in [-0.39, 0.29) is 9.95 Å². The highest BCUT2D eigenvalue weighted by atomic mass is 32.2. The van der Waals surface area contributed by atoms with Gasteiger partial charge >= 0.3 is 6.18 Å². The van der Waals surface area contributed by atoms with Crippen LogP contribution in [-0.2, 0) is 16.0 Å². The first-order valence-corrected chi connectivity index (χ1v) is 6.99. The van der Waals surface area contributed by atoms with Crippen LogP contribution in [0.5, 0.6) is 5.75 Å². The quantitative estimate of drug-likeness (QED) is 0.863. The summed E-state index contributed by atoms with van der Waals surface area (Å²) in [5, 5.41) is -0.0970. The number of nitrogens with zero attached hydrogens (tertiary/aromatic N) is 1. The normalized spacial score (nSPS) is 17.6. The maximum Gasteiger partial charge on any atom is 0.419 e. The van der Waals surface area contributed by atoms with E-state index in [1.54, 1.807) is 0 Å². The van der Waals surface area contributed by atoms with E-state index < -0.39 is 33.9 Å². The zero-order chi connectivity index (χ0) is 15.0. The molecule has 108 valence electrons. The van der Waals surface area contributed by atoms with Gasteiger partial charge in [-0.2, -0.15) is 13.2 Å². The Bertz CT molecular complexity index is 690. The van der Waals surface area contributed by atoms with E-state index in [0.717, 1.165) is 18.3 Å². The third kappa shape index (κ3) is 2.69. The van der Waals surface area contributed by atoms with Gasteiger partial charge < -0.3 is 4.74 Å². The Balaban J connectivity index is 2.18. The van der Waals surface area contributed by atoms with Gasteiger partial charge in [-0.15, -0.1) is 0 Å². The van der Waals surface area contributed by atoms with Crippen molar-refractivity contribution < 1.29 is 26.3 Å². The summed E-state index contributed by atoms with van der Waals surface area (Å²) in [5.74, 6) is -0.416. The largest absolute Gasteiger partial charge is 0.487 e. The van der Waals surface area contributed by atoms with Gasteiger partial charge in [-0.25, -0.2) is 13.4 Å². The number of hydrogen-bond donors (Lipinski definition) is 0. The van der Waals surface area contributed by atoms with Crippen LogP contribution in [0.25, 0.3) is 0 Å². The van der Waals surface area contributed by atoms with Crippen LogP contribution >= 0.6 is 0 Å².